The second-order valence-electron chi connectivity index (χ2n) is 7.50. The molecule has 2 fully saturated rings. The van der Waals surface area contributed by atoms with E-state index in [1.807, 2.05) is 22.6 Å². The molecule has 0 spiro atoms. The molecule has 0 aromatic rings. The van der Waals surface area contributed by atoms with Gasteiger partial charge >= 0.3 is 18.3 Å². The number of carbonyl (C=O) groups is 1. The minimum Gasteiger partial charge on any atom is -0.465 e. The van der Waals surface area contributed by atoms with Crippen LogP contribution in [0.4, 0.5) is 26.3 Å². The number of hydrogen-bond acceptors (Lipinski definition) is 3. The van der Waals surface area contributed by atoms with E-state index in [0.29, 0.717) is 17.3 Å². The second kappa shape index (κ2) is 7.63. The molecule has 4 unspecified atom stereocenters. The molecule has 2 aliphatic carbocycles. The van der Waals surface area contributed by atoms with Crippen molar-refractivity contribution in [3.05, 3.63) is 0 Å². The monoisotopic (exact) mass is 502 g/mol. The number of ether oxygens (including phenoxy) is 1. The SMILES string of the molecule is CC(CI)C(=O)OCC1C[C@H]2CC(CC(O)(C(F)(F)F)C(F)(F)F)C1C2. The Morgan fingerprint density at radius 3 is 2.12 bits per heavy atom. The van der Waals surface area contributed by atoms with Crippen LogP contribution in [-0.4, -0.2) is 40.1 Å². The maximum Gasteiger partial charge on any atom is 0.426 e. The van der Waals surface area contributed by atoms with Crippen molar-refractivity contribution in [1.82, 2.24) is 0 Å². The quantitative estimate of drug-likeness (QED) is 0.252. The summed E-state index contributed by atoms with van der Waals surface area (Å²) < 4.78 is 83.4. The van der Waals surface area contributed by atoms with E-state index in [2.05, 4.69) is 0 Å². The molecule has 10 heteroatoms. The standard InChI is InChI=1S/C16H21F6IO3/c1-8(6-23)13(24)26-7-11-3-9-2-10(12(11)4-9)5-14(25,15(17,18)19)16(20,21)22/h8-12,25H,2-7H2,1H3/t8?,9-,10?,11?,12?/m1/s1. The molecule has 3 nitrogen and oxygen atoms in total. The van der Waals surface area contributed by atoms with Crippen molar-refractivity contribution in [2.75, 3.05) is 11.0 Å². The van der Waals surface area contributed by atoms with Crippen molar-refractivity contribution in [3.8, 4) is 0 Å². The smallest absolute Gasteiger partial charge is 0.426 e. The van der Waals surface area contributed by atoms with Crippen LogP contribution >= 0.6 is 22.6 Å². The number of hydrogen-bond donors (Lipinski definition) is 1. The van der Waals surface area contributed by atoms with Gasteiger partial charge in [0, 0.05) is 4.43 Å². The van der Waals surface area contributed by atoms with Crippen LogP contribution < -0.4 is 0 Å². The minimum absolute atomic E-state index is 0.00788. The number of esters is 1. The molecule has 0 aromatic heterocycles. The summed E-state index contributed by atoms with van der Waals surface area (Å²) in [5.74, 6) is -2.27. The van der Waals surface area contributed by atoms with Gasteiger partial charge in [0.05, 0.1) is 12.5 Å². The maximum atomic E-state index is 12.9. The number of fused-ring (bicyclic) bond motifs is 2. The predicted octanol–water partition coefficient (Wildman–Crippen LogP) is 4.51. The van der Waals surface area contributed by atoms with Gasteiger partial charge in [-0.3, -0.25) is 4.79 Å². The average molecular weight is 502 g/mol. The number of carbonyl (C=O) groups excluding carboxylic acids is 1. The van der Waals surface area contributed by atoms with Crippen molar-refractivity contribution in [2.24, 2.45) is 29.6 Å². The van der Waals surface area contributed by atoms with E-state index < -0.39 is 42.2 Å². The molecule has 0 aromatic carbocycles. The lowest BCUT2D eigenvalue weighted by Crippen LogP contribution is -2.58. The molecular weight excluding hydrogens is 481 g/mol. The van der Waals surface area contributed by atoms with Gasteiger partial charge in [-0.15, -0.1) is 0 Å². The predicted molar refractivity (Wildman–Crippen MR) is 88.5 cm³/mol. The van der Waals surface area contributed by atoms with Crippen molar-refractivity contribution in [2.45, 2.75) is 50.6 Å². The number of rotatable bonds is 6. The average Bonchev–Trinajstić information content (AvgIpc) is 3.09. The van der Waals surface area contributed by atoms with Gasteiger partial charge < -0.3 is 9.84 Å². The number of aliphatic hydroxyl groups is 1. The van der Waals surface area contributed by atoms with E-state index in [-0.39, 0.29) is 30.8 Å². The molecule has 26 heavy (non-hydrogen) atoms. The fraction of sp³-hybridized carbons (Fsp3) is 0.938. The van der Waals surface area contributed by atoms with Gasteiger partial charge in [-0.1, -0.05) is 29.5 Å². The van der Waals surface area contributed by atoms with Crippen molar-refractivity contribution in [1.29, 1.82) is 0 Å². The first-order valence-electron chi connectivity index (χ1n) is 8.38. The van der Waals surface area contributed by atoms with Gasteiger partial charge in [-0.05, 0) is 49.4 Å². The number of halogens is 7. The van der Waals surface area contributed by atoms with E-state index in [4.69, 9.17) is 4.74 Å². The molecule has 0 amide bonds. The molecule has 0 aliphatic heterocycles. The summed E-state index contributed by atoms with van der Waals surface area (Å²) >= 11 is 2.03. The first-order valence-corrected chi connectivity index (χ1v) is 9.91. The number of alkyl halides is 7. The molecular formula is C16H21F6IO3. The molecule has 5 atom stereocenters. The summed E-state index contributed by atoms with van der Waals surface area (Å²) in [6, 6.07) is 0. The molecule has 152 valence electrons. The van der Waals surface area contributed by atoms with Crippen molar-refractivity contribution < 1.29 is 41.0 Å². The minimum atomic E-state index is -5.79. The third kappa shape index (κ3) is 4.25. The summed E-state index contributed by atoms with van der Waals surface area (Å²) in [6.45, 7) is 1.69. The molecule has 0 radical (unpaired) electrons. The van der Waals surface area contributed by atoms with Crippen LogP contribution in [0.25, 0.3) is 0 Å². The van der Waals surface area contributed by atoms with E-state index in [9.17, 15) is 36.2 Å². The highest BCUT2D eigenvalue weighted by molar-refractivity contribution is 14.1. The maximum absolute atomic E-state index is 12.9. The Hall–Kier alpha value is -0.260. The van der Waals surface area contributed by atoms with Gasteiger partial charge in [0.25, 0.3) is 5.60 Å². The van der Waals surface area contributed by atoms with E-state index >= 15 is 0 Å². The Kier molecular flexibility index (Phi) is 6.47. The van der Waals surface area contributed by atoms with Crippen LogP contribution in [0.5, 0.6) is 0 Å². The zero-order valence-corrected chi connectivity index (χ0v) is 16.2. The van der Waals surface area contributed by atoms with Crippen LogP contribution in [0.2, 0.25) is 0 Å². The Morgan fingerprint density at radius 1 is 1.12 bits per heavy atom. The van der Waals surface area contributed by atoms with Crippen LogP contribution in [0.3, 0.4) is 0 Å². The fourth-order valence-electron chi connectivity index (χ4n) is 4.24. The lowest BCUT2D eigenvalue weighted by molar-refractivity contribution is -0.373. The largest absolute Gasteiger partial charge is 0.465 e. The van der Waals surface area contributed by atoms with E-state index in [0.717, 1.165) is 0 Å². The summed E-state index contributed by atoms with van der Waals surface area (Å²) in [7, 11) is 0. The zero-order valence-electron chi connectivity index (χ0n) is 14.0. The molecule has 2 bridgehead atoms. The Morgan fingerprint density at radius 2 is 1.65 bits per heavy atom. The van der Waals surface area contributed by atoms with Crippen molar-refractivity contribution in [3.63, 3.8) is 0 Å². The topological polar surface area (TPSA) is 46.5 Å². The Balaban J connectivity index is 2.05. The lowest BCUT2D eigenvalue weighted by atomic mass is 9.75. The Labute approximate surface area is 161 Å². The third-order valence-corrected chi connectivity index (χ3v) is 6.98. The normalized spacial score (nSPS) is 30.5. The molecule has 0 saturated heterocycles. The van der Waals surface area contributed by atoms with Crippen LogP contribution in [-0.2, 0) is 9.53 Å². The summed E-state index contributed by atoms with van der Waals surface area (Å²) in [5.41, 5.74) is -4.70. The van der Waals surface area contributed by atoms with E-state index in [1.54, 1.807) is 6.92 Å². The summed E-state index contributed by atoms with van der Waals surface area (Å²) in [5, 5.41) is 9.45. The molecule has 2 rings (SSSR count). The fourth-order valence-corrected chi connectivity index (χ4v) is 4.60. The van der Waals surface area contributed by atoms with Crippen LogP contribution in [0, 0.1) is 29.6 Å². The zero-order chi connectivity index (χ0) is 19.9. The first-order chi connectivity index (χ1) is 11.8. The van der Waals surface area contributed by atoms with Gasteiger partial charge in [0.1, 0.15) is 0 Å². The third-order valence-electron chi connectivity index (χ3n) is 5.66. The van der Waals surface area contributed by atoms with Gasteiger partial charge in [0.2, 0.25) is 0 Å². The highest BCUT2D eigenvalue weighted by Crippen LogP contribution is 2.57. The van der Waals surface area contributed by atoms with Gasteiger partial charge in [-0.25, -0.2) is 0 Å². The molecule has 2 saturated carbocycles. The molecule has 1 N–H and O–H groups in total. The summed E-state index contributed by atoms with van der Waals surface area (Å²) in [4.78, 5) is 11.7. The van der Waals surface area contributed by atoms with Crippen LogP contribution in [0.15, 0.2) is 0 Å². The summed E-state index contributed by atoms with van der Waals surface area (Å²) in [6.07, 6.45) is -11.6. The van der Waals surface area contributed by atoms with Crippen LogP contribution in [0.1, 0.15) is 32.6 Å². The van der Waals surface area contributed by atoms with Gasteiger partial charge in [-0.2, -0.15) is 26.3 Å². The van der Waals surface area contributed by atoms with E-state index in [1.165, 1.54) is 0 Å². The Bertz CT molecular complexity index is 507. The lowest BCUT2D eigenvalue weighted by Gasteiger charge is -2.38. The highest BCUT2D eigenvalue weighted by Gasteiger charge is 2.71. The second-order valence-corrected chi connectivity index (χ2v) is 8.38. The first kappa shape index (κ1) is 22.0. The molecule has 2 aliphatic rings. The van der Waals surface area contributed by atoms with Crippen molar-refractivity contribution >= 4 is 28.6 Å². The van der Waals surface area contributed by atoms with Gasteiger partial charge in [0.15, 0.2) is 0 Å². The highest BCUT2D eigenvalue weighted by atomic mass is 127. The molecule has 0 heterocycles.